The van der Waals surface area contributed by atoms with Crippen molar-refractivity contribution in [3.63, 3.8) is 0 Å². The molecule has 2 fully saturated rings. The molecule has 12 heavy (non-hydrogen) atoms. The van der Waals surface area contributed by atoms with E-state index in [1.165, 1.54) is 45.4 Å². The molecule has 1 atom stereocenters. The molecular formula is C10H20N2. The van der Waals surface area contributed by atoms with Gasteiger partial charge in [-0.25, -0.2) is 0 Å². The van der Waals surface area contributed by atoms with Crippen LogP contribution in [0.3, 0.4) is 0 Å². The van der Waals surface area contributed by atoms with Crippen LogP contribution in [0.15, 0.2) is 0 Å². The highest BCUT2D eigenvalue weighted by molar-refractivity contribution is 4.92. The summed E-state index contributed by atoms with van der Waals surface area (Å²) in [6, 6.07) is 0. The zero-order valence-corrected chi connectivity index (χ0v) is 8.03. The summed E-state index contributed by atoms with van der Waals surface area (Å²) >= 11 is 0. The van der Waals surface area contributed by atoms with E-state index in [-0.39, 0.29) is 0 Å². The smallest absolute Gasteiger partial charge is 0.00178 e. The first-order chi connectivity index (χ1) is 5.83. The lowest BCUT2D eigenvalue weighted by Gasteiger charge is -2.46. The summed E-state index contributed by atoms with van der Waals surface area (Å²) in [6.45, 7) is 7.37. The average Bonchev–Trinajstić information content (AvgIpc) is 2.12. The Balaban J connectivity index is 2.04. The molecule has 1 spiro atoms. The van der Waals surface area contributed by atoms with Crippen LogP contribution in [0.5, 0.6) is 0 Å². The summed E-state index contributed by atoms with van der Waals surface area (Å²) in [6.07, 6.45) is 4.20. The van der Waals surface area contributed by atoms with Crippen LogP contribution in [0.4, 0.5) is 0 Å². The van der Waals surface area contributed by atoms with Crippen LogP contribution in [0.1, 0.15) is 26.2 Å². The Morgan fingerprint density at radius 3 is 2.25 bits per heavy atom. The van der Waals surface area contributed by atoms with Crippen molar-refractivity contribution < 1.29 is 0 Å². The Hall–Kier alpha value is -0.0800. The van der Waals surface area contributed by atoms with E-state index < -0.39 is 0 Å². The maximum absolute atomic E-state index is 3.49. The summed E-state index contributed by atoms with van der Waals surface area (Å²) in [7, 11) is 0. The summed E-state index contributed by atoms with van der Waals surface area (Å²) in [5, 5.41) is 6.94. The molecule has 2 heterocycles. The SMILES string of the molecule is CC1CNCCC12CCNCC2. The van der Waals surface area contributed by atoms with Crippen molar-refractivity contribution in [3.8, 4) is 0 Å². The third kappa shape index (κ3) is 1.38. The van der Waals surface area contributed by atoms with Gasteiger partial charge in [-0.15, -0.1) is 0 Å². The first-order valence-electron chi connectivity index (χ1n) is 5.25. The van der Waals surface area contributed by atoms with Crippen molar-refractivity contribution in [2.75, 3.05) is 26.2 Å². The molecule has 2 rings (SSSR count). The van der Waals surface area contributed by atoms with Crippen molar-refractivity contribution in [3.05, 3.63) is 0 Å². The number of piperidine rings is 2. The van der Waals surface area contributed by atoms with Gasteiger partial charge in [0.1, 0.15) is 0 Å². The molecule has 2 saturated heterocycles. The zero-order valence-electron chi connectivity index (χ0n) is 8.03. The maximum Gasteiger partial charge on any atom is -0.00178 e. The Morgan fingerprint density at radius 1 is 1.00 bits per heavy atom. The lowest BCUT2D eigenvalue weighted by molar-refractivity contribution is 0.0784. The van der Waals surface area contributed by atoms with Gasteiger partial charge in [-0.2, -0.15) is 0 Å². The molecule has 2 heteroatoms. The Bertz CT molecular complexity index is 142. The van der Waals surface area contributed by atoms with Crippen LogP contribution >= 0.6 is 0 Å². The summed E-state index contributed by atoms with van der Waals surface area (Å²) < 4.78 is 0. The molecule has 2 aliphatic rings. The van der Waals surface area contributed by atoms with Crippen molar-refractivity contribution >= 4 is 0 Å². The second kappa shape index (κ2) is 3.35. The van der Waals surface area contributed by atoms with Crippen molar-refractivity contribution in [1.82, 2.24) is 10.6 Å². The van der Waals surface area contributed by atoms with Gasteiger partial charge in [0.25, 0.3) is 0 Å². The van der Waals surface area contributed by atoms with E-state index in [0.717, 1.165) is 5.92 Å². The molecule has 1 unspecified atom stereocenters. The summed E-state index contributed by atoms with van der Waals surface area (Å²) in [5.74, 6) is 0.883. The molecule has 0 aromatic heterocycles. The third-order valence-electron chi connectivity index (χ3n) is 3.89. The summed E-state index contributed by atoms with van der Waals surface area (Å²) in [5.41, 5.74) is 0.691. The van der Waals surface area contributed by atoms with Crippen LogP contribution in [-0.2, 0) is 0 Å². The minimum atomic E-state index is 0.691. The maximum atomic E-state index is 3.49. The molecule has 0 aromatic rings. The predicted octanol–water partition coefficient (Wildman–Crippen LogP) is 0.986. The van der Waals surface area contributed by atoms with Gasteiger partial charge in [-0.05, 0) is 56.8 Å². The molecule has 70 valence electrons. The molecule has 2 aliphatic heterocycles. The highest BCUT2D eigenvalue weighted by atomic mass is 14.9. The number of hydrogen-bond acceptors (Lipinski definition) is 2. The Kier molecular flexibility index (Phi) is 2.37. The molecule has 0 aliphatic carbocycles. The molecule has 2 N–H and O–H groups in total. The van der Waals surface area contributed by atoms with E-state index in [1.54, 1.807) is 0 Å². The van der Waals surface area contributed by atoms with Crippen LogP contribution in [0.25, 0.3) is 0 Å². The van der Waals surface area contributed by atoms with Crippen LogP contribution < -0.4 is 10.6 Å². The lowest BCUT2D eigenvalue weighted by Crippen LogP contribution is -2.49. The van der Waals surface area contributed by atoms with E-state index in [0.29, 0.717) is 5.41 Å². The van der Waals surface area contributed by atoms with Gasteiger partial charge in [0.2, 0.25) is 0 Å². The second-order valence-corrected chi connectivity index (χ2v) is 4.47. The van der Waals surface area contributed by atoms with E-state index in [2.05, 4.69) is 17.6 Å². The van der Waals surface area contributed by atoms with E-state index in [9.17, 15) is 0 Å². The van der Waals surface area contributed by atoms with E-state index in [4.69, 9.17) is 0 Å². The van der Waals surface area contributed by atoms with Crippen molar-refractivity contribution in [2.24, 2.45) is 11.3 Å². The number of rotatable bonds is 0. The monoisotopic (exact) mass is 168 g/mol. The molecule has 0 bridgehead atoms. The molecular weight excluding hydrogens is 148 g/mol. The fourth-order valence-corrected chi connectivity index (χ4v) is 2.79. The first-order valence-corrected chi connectivity index (χ1v) is 5.25. The number of nitrogens with one attached hydrogen (secondary N) is 2. The van der Waals surface area contributed by atoms with Crippen LogP contribution in [0, 0.1) is 11.3 Å². The van der Waals surface area contributed by atoms with Crippen LogP contribution in [-0.4, -0.2) is 26.2 Å². The normalized spacial score (nSPS) is 35.2. The van der Waals surface area contributed by atoms with Crippen molar-refractivity contribution in [2.45, 2.75) is 26.2 Å². The van der Waals surface area contributed by atoms with Gasteiger partial charge in [-0.3, -0.25) is 0 Å². The predicted molar refractivity (Wildman–Crippen MR) is 51.2 cm³/mol. The fraction of sp³-hybridized carbons (Fsp3) is 1.00. The van der Waals surface area contributed by atoms with Gasteiger partial charge in [-0.1, -0.05) is 6.92 Å². The highest BCUT2D eigenvalue weighted by Crippen LogP contribution is 2.41. The van der Waals surface area contributed by atoms with E-state index in [1.807, 2.05) is 0 Å². The largest absolute Gasteiger partial charge is 0.317 e. The highest BCUT2D eigenvalue weighted by Gasteiger charge is 2.38. The summed E-state index contributed by atoms with van der Waals surface area (Å²) in [4.78, 5) is 0. The third-order valence-corrected chi connectivity index (χ3v) is 3.89. The fourth-order valence-electron chi connectivity index (χ4n) is 2.79. The quantitative estimate of drug-likeness (QED) is 0.563. The molecule has 2 nitrogen and oxygen atoms in total. The minimum absolute atomic E-state index is 0.691. The lowest BCUT2D eigenvalue weighted by atomic mass is 9.66. The van der Waals surface area contributed by atoms with Gasteiger partial charge >= 0.3 is 0 Å². The number of hydrogen-bond donors (Lipinski definition) is 2. The van der Waals surface area contributed by atoms with Gasteiger partial charge in [0, 0.05) is 0 Å². The molecule has 0 radical (unpaired) electrons. The second-order valence-electron chi connectivity index (χ2n) is 4.47. The Morgan fingerprint density at radius 2 is 1.58 bits per heavy atom. The van der Waals surface area contributed by atoms with Gasteiger partial charge in [0.15, 0.2) is 0 Å². The zero-order chi connectivity index (χ0) is 8.44. The molecule has 0 saturated carbocycles. The molecule has 0 aromatic carbocycles. The minimum Gasteiger partial charge on any atom is -0.317 e. The van der Waals surface area contributed by atoms with E-state index >= 15 is 0 Å². The Labute approximate surface area is 75.1 Å². The average molecular weight is 168 g/mol. The topological polar surface area (TPSA) is 24.1 Å². The molecule has 0 amide bonds. The van der Waals surface area contributed by atoms with Crippen LogP contribution in [0.2, 0.25) is 0 Å². The van der Waals surface area contributed by atoms with Gasteiger partial charge < -0.3 is 10.6 Å². The standard InChI is InChI=1S/C10H20N2/c1-9-8-12-7-4-10(9)2-5-11-6-3-10/h9,11-12H,2-8H2,1H3. The first kappa shape index (κ1) is 8.52. The van der Waals surface area contributed by atoms with Gasteiger partial charge in [0.05, 0.1) is 0 Å². The van der Waals surface area contributed by atoms with Crippen molar-refractivity contribution in [1.29, 1.82) is 0 Å².